The Morgan fingerprint density at radius 3 is 2.50 bits per heavy atom. The van der Waals surface area contributed by atoms with Crippen molar-refractivity contribution in [2.75, 3.05) is 23.3 Å². The van der Waals surface area contributed by atoms with Crippen LogP contribution in [0.5, 0.6) is 0 Å². The summed E-state index contributed by atoms with van der Waals surface area (Å²) >= 11 is 0. The van der Waals surface area contributed by atoms with Gasteiger partial charge in [0.1, 0.15) is 11.6 Å². The predicted octanol–water partition coefficient (Wildman–Crippen LogP) is 3.55. The van der Waals surface area contributed by atoms with Gasteiger partial charge in [-0.15, -0.1) is 0 Å². The quantitative estimate of drug-likeness (QED) is 0.593. The molecule has 4 rings (SSSR count). The SMILES string of the molecule is C[C@H]1CN(c2ccc(C(F)(F)F)cn2)CC[C@H]1c1n[nH]c2c1[C@](O)(C(F)(F)F)CC(=O)N2. The molecule has 0 saturated carbocycles. The van der Waals surface area contributed by atoms with Crippen LogP contribution in [0.1, 0.15) is 42.5 Å². The summed E-state index contributed by atoms with van der Waals surface area (Å²) in [4.78, 5) is 17.3. The highest BCUT2D eigenvalue weighted by atomic mass is 19.4. The minimum Gasteiger partial charge on any atom is -0.376 e. The number of rotatable bonds is 2. The van der Waals surface area contributed by atoms with Crippen LogP contribution in [0.2, 0.25) is 0 Å². The second kappa shape index (κ2) is 7.36. The molecule has 4 heterocycles. The summed E-state index contributed by atoms with van der Waals surface area (Å²) in [7, 11) is 0. The molecule has 0 bridgehead atoms. The van der Waals surface area contributed by atoms with Gasteiger partial charge in [0.05, 0.1) is 23.2 Å². The van der Waals surface area contributed by atoms with Crippen molar-refractivity contribution >= 4 is 17.5 Å². The molecule has 0 aromatic carbocycles. The largest absolute Gasteiger partial charge is 0.422 e. The molecule has 174 valence electrons. The first kappa shape index (κ1) is 22.4. The Bertz CT molecular complexity index is 1020. The second-order valence-electron chi connectivity index (χ2n) is 8.16. The number of hydrogen-bond acceptors (Lipinski definition) is 5. The van der Waals surface area contributed by atoms with E-state index in [2.05, 4.69) is 20.5 Å². The van der Waals surface area contributed by atoms with Crippen molar-refractivity contribution in [3.05, 3.63) is 35.2 Å². The number of aliphatic hydroxyl groups is 1. The molecule has 2 aromatic rings. The molecule has 0 radical (unpaired) electrons. The third-order valence-corrected chi connectivity index (χ3v) is 6.01. The normalized spacial score (nSPS) is 26.6. The lowest BCUT2D eigenvalue weighted by Gasteiger charge is -2.39. The van der Waals surface area contributed by atoms with Crippen molar-refractivity contribution in [3.63, 3.8) is 0 Å². The van der Waals surface area contributed by atoms with Crippen LogP contribution in [0.25, 0.3) is 0 Å². The fourth-order valence-corrected chi connectivity index (χ4v) is 4.38. The average molecular weight is 463 g/mol. The van der Waals surface area contributed by atoms with Crippen LogP contribution in [0, 0.1) is 5.92 Å². The third kappa shape index (κ3) is 3.67. The monoisotopic (exact) mass is 463 g/mol. The number of H-pyrrole nitrogens is 1. The average Bonchev–Trinajstić information content (AvgIpc) is 3.10. The van der Waals surface area contributed by atoms with Gasteiger partial charge in [0.25, 0.3) is 0 Å². The van der Waals surface area contributed by atoms with Gasteiger partial charge >= 0.3 is 12.4 Å². The zero-order valence-corrected chi connectivity index (χ0v) is 16.7. The molecule has 0 spiro atoms. The maximum absolute atomic E-state index is 13.7. The number of carbonyl (C=O) groups is 1. The summed E-state index contributed by atoms with van der Waals surface area (Å²) in [5.41, 5.74) is -4.70. The number of alkyl halides is 6. The van der Waals surface area contributed by atoms with E-state index < -0.39 is 47.3 Å². The maximum Gasteiger partial charge on any atom is 0.422 e. The number of aromatic nitrogens is 3. The lowest BCUT2D eigenvalue weighted by Crippen LogP contribution is -2.49. The van der Waals surface area contributed by atoms with Gasteiger partial charge < -0.3 is 15.3 Å². The number of nitrogens with one attached hydrogen (secondary N) is 2. The number of fused-ring (bicyclic) bond motifs is 1. The number of piperidine rings is 1. The fraction of sp³-hybridized carbons (Fsp3) is 0.526. The lowest BCUT2D eigenvalue weighted by atomic mass is 9.77. The number of hydrogen-bond donors (Lipinski definition) is 3. The number of aromatic amines is 1. The van der Waals surface area contributed by atoms with E-state index in [9.17, 15) is 36.2 Å². The molecule has 3 N–H and O–H groups in total. The highest BCUT2D eigenvalue weighted by molar-refractivity contribution is 5.94. The smallest absolute Gasteiger partial charge is 0.376 e. The van der Waals surface area contributed by atoms with E-state index in [1.54, 1.807) is 11.8 Å². The summed E-state index contributed by atoms with van der Waals surface area (Å²) in [6.07, 6.45) is -9.70. The highest BCUT2D eigenvalue weighted by Gasteiger charge is 2.61. The van der Waals surface area contributed by atoms with Crippen LogP contribution in [-0.2, 0) is 16.6 Å². The Balaban J connectivity index is 1.59. The van der Waals surface area contributed by atoms with Crippen LogP contribution < -0.4 is 10.2 Å². The number of halogens is 6. The minimum absolute atomic E-state index is 0.0207. The molecule has 7 nitrogen and oxygen atoms in total. The Hall–Kier alpha value is -2.83. The Morgan fingerprint density at radius 1 is 1.22 bits per heavy atom. The van der Waals surface area contributed by atoms with Gasteiger partial charge in [-0.1, -0.05) is 6.92 Å². The third-order valence-electron chi connectivity index (χ3n) is 6.01. The molecule has 2 aromatic heterocycles. The van der Waals surface area contributed by atoms with Gasteiger partial charge in [-0.05, 0) is 24.5 Å². The van der Waals surface area contributed by atoms with E-state index in [0.717, 1.165) is 12.3 Å². The van der Waals surface area contributed by atoms with E-state index in [1.807, 2.05) is 0 Å². The molecule has 1 fully saturated rings. The van der Waals surface area contributed by atoms with Gasteiger partial charge in [0.2, 0.25) is 5.91 Å². The molecule has 3 atom stereocenters. The van der Waals surface area contributed by atoms with E-state index in [0.29, 0.717) is 25.3 Å². The van der Waals surface area contributed by atoms with Crippen LogP contribution in [0.15, 0.2) is 18.3 Å². The van der Waals surface area contributed by atoms with Crippen LogP contribution >= 0.6 is 0 Å². The van der Waals surface area contributed by atoms with Crippen molar-refractivity contribution < 1.29 is 36.2 Å². The molecule has 13 heteroatoms. The molecule has 32 heavy (non-hydrogen) atoms. The van der Waals surface area contributed by atoms with E-state index >= 15 is 0 Å². The van der Waals surface area contributed by atoms with E-state index in [4.69, 9.17) is 0 Å². The first-order valence-electron chi connectivity index (χ1n) is 9.77. The van der Waals surface area contributed by atoms with Crippen molar-refractivity contribution in [3.8, 4) is 0 Å². The maximum atomic E-state index is 13.7. The lowest BCUT2D eigenvalue weighted by molar-refractivity contribution is -0.267. The molecule has 0 aliphatic carbocycles. The van der Waals surface area contributed by atoms with Crippen molar-refractivity contribution in [2.24, 2.45) is 5.92 Å². The number of anilines is 2. The predicted molar refractivity (Wildman–Crippen MR) is 99.8 cm³/mol. The first-order chi connectivity index (χ1) is 14.8. The summed E-state index contributed by atoms with van der Waals surface area (Å²) in [5.74, 6) is -1.69. The zero-order chi connectivity index (χ0) is 23.5. The number of amides is 1. The number of nitrogens with zero attached hydrogens (tertiary/aromatic N) is 3. The van der Waals surface area contributed by atoms with E-state index in [1.165, 1.54) is 6.07 Å². The Labute approximate surface area is 177 Å². The van der Waals surface area contributed by atoms with E-state index in [-0.39, 0.29) is 17.4 Å². The second-order valence-corrected chi connectivity index (χ2v) is 8.16. The van der Waals surface area contributed by atoms with Crippen molar-refractivity contribution in [2.45, 2.75) is 43.6 Å². The minimum atomic E-state index is -5.09. The fourth-order valence-electron chi connectivity index (χ4n) is 4.38. The molecular formula is C19H19F6N5O2. The Kier molecular flexibility index (Phi) is 5.14. The van der Waals surface area contributed by atoms with Gasteiger partial charge in [-0.25, -0.2) is 4.98 Å². The van der Waals surface area contributed by atoms with Crippen molar-refractivity contribution in [1.29, 1.82) is 0 Å². The molecule has 0 unspecified atom stereocenters. The van der Waals surface area contributed by atoms with Crippen LogP contribution in [0.3, 0.4) is 0 Å². The molecule has 1 saturated heterocycles. The highest BCUT2D eigenvalue weighted by Crippen LogP contribution is 2.50. The molecule has 2 aliphatic rings. The summed E-state index contributed by atoms with van der Waals surface area (Å²) in [5, 5.41) is 19.1. The summed E-state index contributed by atoms with van der Waals surface area (Å²) in [6.45, 7) is 2.39. The topological polar surface area (TPSA) is 94.1 Å². The van der Waals surface area contributed by atoms with Gasteiger partial charge in [0, 0.05) is 25.2 Å². The van der Waals surface area contributed by atoms with Gasteiger partial charge in [0.15, 0.2) is 5.60 Å². The van der Waals surface area contributed by atoms with Crippen molar-refractivity contribution in [1.82, 2.24) is 15.2 Å². The summed E-state index contributed by atoms with van der Waals surface area (Å²) < 4.78 is 79.4. The molecular weight excluding hydrogens is 444 g/mol. The molecule has 1 amide bonds. The standard InChI is InChI=1S/C19H19F6N5O2/c1-9-8-30(12-3-2-10(7-26-12)18(20,21)22)5-4-11(9)15-14-16(29-28-15)27-13(31)6-17(14,32)19(23,24)25/h2-3,7,9,11,32H,4-6,8H2,1H3,(H2,27,28,29,31)/t9-,11+,17-/m0/s1. The summed E-state index contributed by atoms with van der Waals surface area (Å²) in [6, 6.07) is 2.18. The number of pyridine rings is 1. The van der Waals surface area contributed by atoms with Gasteiger partial charge in [-0.2, -0.15) is 31.4 Å². The Morgan fingerprint density at radius 2 is 1.94 bits per heavy atom. The molecule has 2 aliphatic heterocycles. The number of carbonyl (C=O) groups excluding carboxylic acids is 1. The van der Waals surface area contributed by atoms with Gasteiger partial charge in [-0.3, -0.25) is 9.89 Å². The first-order valence-corrected chi connectivity index (χ1v) is 9.77. The zero-order valence-electron chi connectivity index (χ0n) is 16.7. The van der Waals surface area contributed by atoms with Crippen LogP contribution in [0.4, 0.5) is 38.0 Å². The van der Waals surface area contributed by atoms with Crippen LogP contribution in [-0.4, -0.2) is 45.5 Å².